The van der Waals surface area contributed by atoms with E-state index in [4.69, 9.17) is 16.1 Å². The van der Waals surface area contributed by atoms with Gasteiger partial charge in [-0.1, -0.05) is 54.1 Å². The molecule has 0 saturated carbocycles. The number of halogens is 1. The maximum Gasteiger partial charge on any atom is 0.291 e. The lowest BCUT2D eigenvalue weighted by atomic mass is 9.94. The molecule has 1 aromatic heterocycles. The van der Waals surface area contributed by atoms with Gasteiger partial charge in [-0.3, -0.25) is 4.79 Å². The van der Waals surface area contributed by atoms with E-state index in [-0.39, 0.29) is 5.56 Å². The van der Waals surface area contributed by atoms with E-state index >= 15 is 0 Å². The second-order valence-corrected chi connectivity index (χ2v) is 6.49. The summed E-state index contributed by atoms with van der Waals surface area (Å²) in [5.41, 5.74) is 1.68. The molecule has 118 valence electrons. The molecule has 0 atom stereocenters. The summed E-state index contributed by atoms with van der Waals surface area (Å²) < 4.78 is 7.26. The van der Waals surface area contributed by atoms with Gasteiger partial charge in [0.15, 0.2) is 0 Å². The molecule has 0 N–H and O–H groups in total. The number of aromatic nitrogens is 1. The monoisotopic (exact) mass is 327 g/mol. The standard InChI is InChI=1S/C19H18ClNO2/c1-13-17(14-7-5-4-6-8-14)18(22)21(23-13)19(2,3)15-9-11-16(20)12-10-15/h4-12H,1-3H3. The molecule has 1 heterocycles. The third-order valence-electron chi connectivity index (χ3n) is 4.10. The van der Waals surface area contributed by atoms with E-state index in [2.05, 4.69) is 0 Å². The molecule has 0 aliphatic carbocycles. The number of hydrogen-bond acceptors (Lipinski definition) is 2. The normalized spacial score (nSPS) is 11.7. The molecule has 4 heteroatoms. The Kier molecular flexibility index (Phi) is 3.90. The summed E-state index contributed by atoms with van der Waals surface area (Å²) in [7, 11) is 0. The highest BCUT2D eigenvalue weighted by Gasteiger charge is 2.29. The Morgan fingerprint density at radius 1 is 1.00 bits per heavy atom. The van der Waals surface area contributed by atoms with Crippen LogP contribution < -0.4 is 5.56 Å². The van der Waals surface area contributed by atoms with Crippen molar-refractivity contribution in [3.63, 3.8) is 0 Å². The zero-order valence-corrected chi connectivity index (χ0v) is 14.1. The Labute approximate surface area is 140 Å². The van der Waals surface area contributed by atoms with Gasteiger partial charge in [0, 0.05) is 5.02 Å². The summed E-state index contributed by atoms with van der Waals surface area (Å²) in [6.07, 6.45) is 0. The van der Waals surface area contributed by atoms with Crippen LogP contribution in [-0.4, -0.2) is 4.74 Å². The quantitative estimate of drug-likeness (QED) is 0.689. The van der Waals surface area contributed by atoms with Gasteiger partial charge in [-0.25, -0.2) is 0 Å². The van der Waals surface area contributed by atoms with Crippen molar-refractivity contribution in [3.05, 3.63) is 81.3 Å². The molecule has 0 spiro atoms. The zero-order chi connectivity index (χ0) is 16.6. The summed E-state index contributed by atoms with van der Waals surface area (Å²) in [6.45, 7) is 5.73. The second-order valence-electron chi connectivity index (χ2n) is 6.05. The number of aryl methyl sites for hydroxylation is 1. The fraction of sp³-hybridized carbons (Fsp3) is 0.211. The summed E-state index contributed by atoms with van der Waals surface area (Å²) in [5, 5.41) is 0.664. The lowest BCUT2D eigenvalue weighted by Crippen LogP contribution is -2.34. The van der Waals surface area contributed by atoms with Gasteiger partial charge < -0.3 is 4.52 Å². The van der Waals surface area contributed by atoms with Crippen LogP contribution in [0.3, 0.4) is 0 Å². The minimum atomic E-state index is -0.612. The molecule has 0 bridgehead atoms. The van der Waals surface area contributed by atoms with Crippen molar-refractivity contribution in [1.29, 1.82) is 0 Å². The minimum absolute atomic E-state index is 0.131. The van der Waals surface area contributed by atoms with Crippen molar-refractivity contribution in [2.75, 3.05) is 0 Å². The summed E-state index contributed by atoms with van der Waals surface area (Å²) in [5.74, 6) is 0.614. The third-order valence-corrected chi connectivity index (χ3v) is 4.35. The maximum absolute atomic E-state index is 12.9. The highest BCUT2D eigenvalue weighted by molar-refractivity contribution is 6.30. The molecule has 0 amide bonds. The molecule has 3 nitrogen and oxygen atoms in total. The van der Waals surface area contributed by atoms with Gasteiger partial charge in [-0.15, -0.1) is 0 Å². The average Bonchev–Trinajstić information content (AvgIpc) is 2.84. The van der Waals surface area contributed by atoms with Crippen LogP contribution in [0.2, 0.25) is 5.02 Å². The first-order valence-corrected chi connectivity index (χ1v) is 7.84. The molecule has 0 unspecified atom stereocenters. The first-order valence-electron chi connectivity index (χ1n) is 7.46. The topological polar surface area (TPSA) is 35.1 Å². The van der Waals surface area contributed by atoms with E-state index in [0.29, 0.717) is 16.3 Å². The molecule has 0 aliphatic rings. The van der Waals surface area contributed by atoms with Crippen LogP contribution in [0.5, 0.6) is 0 Å². The Bertz CT molecular complexity index is 874. The molecule has 3 aromatic rings. The highest BCUT2D eigenvalue weighted by Crippen LogP contribution is 2.29. The van der Waals surface area contributed by atoms with Crippen LogP contribution in [-0.2, 0) is 5.54 Å². The summed E-state index contributed by atoms with van der Waals surface area (Å²) >= 11 is 5.96. The van der Waals surface area contributed by atoms with Crippen molar-refractivity contribution >= 4 is 11.6 Å². The molecule has 2 aromatic carbocycles. The summed E-state index contributed by atoms with van der Waals surface area (Å²) in [4.78, 5) is 12.9. The Balaban J connectivity index is 2.14. The first-order chi connectivity index (χ1) is 10.9. The van der Waals surface area contributed by atoms with Gasteiger partial charge in [0.1, 0.15) is 11.3 Å². The fourth-order valence-electron chi connectivity index (χ4n) is 2.75. The van der Waals surface area contributed by atoms with Crippen LogP contribution in [0.25, 0.3) is 11.1 Å². The molecule has 0 fully saturated rings. The third kappa shape index (κ3) is 2.73. The van der Waals surface area contributed by atoms with Gasteiger partial charge in [0.05, 0.1) is 5.56 Å². The summed E-state index contributed by atoms with van der Waals surface area (Å²) in [6, 6.07) is 17.0. The second kappa shape index (κ2) is 5.74. The van der Waals surface area contributed by atoms with Crippen LogP contribution in [0.1, 0.15) is 25.2 Å². The van der Waals surface area contributed by atoms with Crippen molar-refractivity contribution < 1.29 is 4.52 Å². The lowest BCUT2D eigenvalue weighted by Gasteiger charge is -2.24. The molecular formula is C19H18ClNO2. The number of nitrogens with zero attached hydrogens (tertiary/aromatic N) is 1. The van der Waals surface area contributed by atoms with E-state index in [1.54, 1.807) is 0 Å². The van der Waals surface area contributed by atoms with E-state index in [9.17, 15) is 4.79 Å². The van der Waals surface area contributed by atoms with Crippen molar-refractivity contribution in [2.24, 2.45) is 0 Å². The van der Waals surface area contributed by atoms with E-state index in [0.717, 1.165) is 11.1 Å². The molecule has 0 saturated heterocycles. The largest absolute Gasteiger partial charge is 0.380 e. The van der Waals surface area contributed by atoms with E-state index in [1.807, 2.05) is 75.4 Å². The van der Waals surface area contributed by atoms with Crippen LogP contribution in [0.15, 0.2) is 63.9 Å². The minimum Gasteiger partial charge on any atom is -0.380 e. The Hall–Kier alpha value is -2.26. The molecule has 23 heavy (non-hydrogen) atoms. The maximum atomic E-state index is 12.9. The number of rotatable bonds is 3. The smallest absolute Gasteiger partial charge is 0.291 e. The van der Waals surface area contributed by atoms with E-state index in [1.165, 1.54) is 4.74 Å². The lowest BCUT2D eigenvalue weighted by molar-refractivity contribution is 0.166. The van der Waals surface area contributed by atoms with E-state index < -0.39 is 5.54 Å². The van der Waals surface area contributed by atoms with Crippen molar-refractivity contribution in [3.8, 4) is 11.1 Å². The molecule has 0 aliphatic heterocycles. The first kappa shape index (κ1) is 15.6. The van der Waals surface area contributed by atoms with Crippen LogP contribution in [0.4, 0.5) is 0 Å². The SMILES string of the molecule is Cc1on(C(C)(C)c2ccc(Cl)cc2)c(=O)c1-c1ccccc1. The Morgan fingerprint density at radius 3 is 2.22 bits per heavy atom. The molecule has 3 rings (SSSR count). The predicted molar refractivity (Wildman–Crippen MR) is 93.0 cm³/mol. The van der Waals surface area contributed by atoms with Crippen LogP contribution >= 0.6 is 11.6 Å². The molecule has 0 radical (unpaired) electrons. The average molecular weight is 328 g/mol. The Morgan fingerprint density at radius 2 is 1.61 bits per heavy atom. The fourth-order valence-corrected chi connectivity index (χ4v) is 2.88. The van der Waals surface area contributed by atoms with Crippen molar-refractivity contribution in [1.82, 2.24) is 4.74 Å². The predicted octanol–water partition coefficient (Wildman–Crippen LogP) is 4.85. The van der Waals surface area contributed by atoms with Gasteiger partial charge in [0.25, 0.3) is 5.56 Å². The molecular weight excluding hydrogens is 310 g/mol. The van der Waals surface area contributed by atoms with Gasteiger partial charge in [-0.2, -0.15) is 4.74 Å². The zero-order valence-electron chi connectivity index (χ0n) is 13.3. The number of hydrogen-bond donors (Lipinski definition) is 0. The highest BCUT2D eigenvalue weighted by atomic mass is 35.5. The van der Waals surface area contributed by atoms with Gasteiger partial charge >= 0.3 is 0 Å². The van der Waals surface area contributed by atoms with Crippen LogP contribution in [0, 0.1) is 6.92 Å². The number of benzene rings is 2. The van der Waals surface area contributed by atoms with Crippen molar-refractivity contribution in [2.45, 2.75) is 26.3 Å². The van der Waals surface area contributed by atoms with Gasteiger partial charge in [-0.05, 0) is 44.0 Å². The van der Waals surface area contributed by atoms with Gasteiger partial charge in [0.2, 0.25) is 0 Å².